The van der Waals surface area contributed by atoms with Gasteiger partial charge in [-0.05, 0) is 52.0 Å². The van der Waals surface area contributed by atoms with Crippen LogP contribution in [-0.4, -0.2) is 33.8 Å². The molecule has 0 spiro atoms. The number of benzene rings is 1. The molecule has 9 nitrogen and oxygen atoms in total. The van der Waals surface area contributed by atoms with Gasteiger partial charge in [-0.25, -0.2) is 4.79 Å². The maximum Gasteiger partial charge on any atom is 0.333 e. The molecule has 1 aromatic carbocycles. The number of methoxy groups -OCH3 is 1. The number of hydrogen-bond acceptors (Lipinski definition) is 6. The predicted molar refractivity (Wildman–Crippen MR) is 105 cm³/mol. The molecule has 3 aromatic rings. The normalized spacial score (nSPS) is 12.2. The molecule has 0 aliphatic heterocycles. The maximum atomic E-state index is 13.0. The van der Waals surface area contributed by atoms with E-state index in [-0.39, 0.29) is 28.0 Å². The van der Waals surface area contributed by atoms with Crippen LogP contribution >= 0.6 is 0 Å². The van der Waals surface area contributed by atoms with Crippen LogP contribution in [-0.2, 0) is 10.0 Å². The van der Waals surface area contributed by atoms with Crippen molar-refractivity contribution < 1.29 is 13.2 Å². The van der Waals surface area contributed by atoms with Gasteiger partial charge < -0.3 is 4.74 Å². The van der Waals surface area contributed by atoms with Gasteiger partial charge in [0.05, 0.1) is 18.2 Å². The highest BCUT2D eigenvalue weighted by Gasteiger charge is 2.24. The highest BCUT2D eigenvalue weighted by Crippen LogP contribution is 2.20. The summed E-state index contributed by atoms with van der Waals surface area (Å²) in [4.78, 5) is 25.6. The fourth-order valence-electron chi connectivity index (χ4n) is 3.00. The van der Waals surface area contributed by atoms with Gasteiger partial charge in [-0.1, -0.05) is 0 Å². The van der Waals surface area contributed by atoms with E-state index in [0.29, 0.717) is 5.75 Å². The zero-order valence-corrected chi connectivity index (χ0v) is 17.1. The largest absolute Gasteiger partial charge is 0.497 e. The molecule has 0 N–H and O–H groups in total. The molecule has 0 saturated heterocycles. The highest BCUT2D eigenvalue weighted by atomic mass is 32.2. The number of nitrogens with zero attached hydrogens (tertiary/aromatic N) is 4. The molecule has 0 aliphatic rings. The van der Waals surface area contributed by atoms with E-state index in [4.69, 9.17) is 4.74 Å². The second kappa shape index (κ2) is 6.93. The summed E-state index contributed by atoms with van der Waals surface area (Å²) < 4.78 is 34.1. The van der Waals surface area contributed by atoms with Crippen LogP contribution in [0.4, 0.5) is 0 Å². The number of aromatic nitrogens is 4. The van der Waals surface area contributed by atoms with Gasteiger partial charge >= 0.3 is 5.69 Å². The van der Waals surface area contributed by atoms with Gasteiger partial charge in [-0.2, -0.15) is 12.5 Å². The van der Waals surface area contributed by atoms with Crippen molar-refractivity contribution in [2.75, 3.05) is 7.11 Å². The Labute approximate surface area is 161 Å². The molecular weight excluding hydrogens is 384 g/mol. The minimum Gasteiger partial charge on any atom is -0.497 e. The fourth-order valence-corrected chi connectivity index (χ4v) is 4.12. The summed E-state index contributed by atoms with van der Waals surface area (Å²) >= 11 is 0. The Hall–Kier alpha value is -2.88. The van der Waals surface area contributed by atoms with Crippen LogP contribution in [0, 0.1) is 0 Å². The van der Waals surface area contributed by atoms with E-state index in [2.05, 4.69) is 5.10 Å². The SMILES string of the molecule is COc1ccc(S(=O)(=O)n2cc3c(=O)n(C(C)C)c(=O)n(C(C)C)c3n2)cc1. The Balaban J connectivity index is 2.32. The summed E-state index contributed by atoms with van der Waals surface area (Å²) in [6, 6.07) is 5.13. The van der Waals surface area contributed by atoms with E-state index >= 15 is 0 Å². The average molecular weight is 406 g/mol. The van der Waals surface area contributed by atoms with Crippen LogP contribution in [0.5, 0.6) is 5.75 Å². The molecule has 10 heteroatoms. The van der Waals surface area contributed by atoms with E-state index in [0.717, 1.165) is 14.9 Å². The third-order valence-corrected chi connectivity index (χ3v) is 5.95. The van der Waals surface area contributed by atoms with Crippen LogP contribution in [0.15, 0.2) is 44.9 Å². The zero-order valence-electron chi connectivity index (χ0n) is 16.3. The summed E-state index contributed by atoms with van der Waals surface area (Å²) in [5.74, 6) is 0.512. The molecule has 0 amide bonds. The lowest BCUT2D eigenvalue weighted by Crippen LogP contribution is -2.41. The van der Waals surface area contributed by atoms with Crippen molar-refractivity contribution in [2.45, 2.75) is 44.7 Å². The first kappa shape index (κ1) is 19.9. The third-order valence-electron chi connectivity index (χ3n) is 4.40. The molecule has 2 aromatic heterocycles. The van der Waals surface area contributed by atoms with Crippen LogP contribution in [0.25, 0.3) is 11.0 Å². The van der Waals surface area contributed by atoms with E-state index in [1.807, 2.05) is 0 Å². The van der Waals surface area contributed by atoms with Crippen LogP contribution in [0.2, 0.25) is 0 Å². The Morgan fingerprint density at radius 3 is 2.04 bits per heavy atom. The molecule has 0 bridgehead atoms. The van der Waals surface area contributed by atoms with Crippen LogP contribution in [0.3, 0.4) is 0 Å². The molecule has 0 fully saturated rings. The molecule has 28 heavy (non-hydrogen) atoms. The number of hydrogen-bond donors (Lipinski definition) is 0. The van der Waals surface area contributed by atoms with Gasteiger partial charge in [0.25, 0.3) is 15.6 Å². The highest BCUT2D eigenvalue weighted by molar-refractivity contribution is 7.89. The van der Waals surface area contributed by atoms with Crippen molar-refractivity contribution in [1.82, 2.24) is 18.3 Å². The second-order valence-corrected chi connectivity index (χ2v) is 8.73. The van der Waals surface area contributed by atoms with E-state index < -0.39 is 21.3 Å². The molecular formula is C18H22N4O5S. The first-order valence-corrected chi connectivity index (χ1v) is 10.2. The summed E-state index contributed by atoms with van der Waals surface area (Å²) in [7, 11) is -2.56. The van der Waals surface area contributed by atoms with Gasteiger partial charge in [-0.15, -0.1) is 5.10 Å². The Morgan fingerprint density at radius 1 is 0.964 bits per heavy atom. The molecule has 0 atom stereocenters. The van der Waals surface area contributed by atoms with E-state index in [1.54, 1.807) is 27.7 Å². The standard InChI is InChI=1S/C18H22N4O5S/c1-11(2)21-16-15(17(23)22(12(3)4)18(21)24)10-20(19-16)28(25,26)14-8-6-13(27-5)7-9-14/h6-12H,1-5H3. The van der Waals surface area contributed by atoms with Crippen LogP contribution in [0.1, 0.15) is 39.8 Å². The van der Waals surface area contributed by atoms with Gasteiger partial charge in [0, 0.05) is 12.1 Å². The number of fused-ring (bicyclic) bond motifs is 1. The van der Waals surface area contributed by atoms with Crippen molar-refractivity contribution >= 4 is 21.1 Å². The summed E-state index contributed by atoms with van der Waals surface area (Å²) in [5.41, 5.74) is -1.04. The van der Waals surface area contributed by atoms with Crippen molar-refractivity contribution in [2.24, 2.45) is 0 Å². The van der Waals surface area contributed by atoms with Crippen molar-refractivity contribution in [3.05, 3.63) is 51.3 Å². The number of ether oxygens (including phenoxy) is 1. The topological polar surface area (TPSA) is 105 Å². The first-order valence-electron chi connectivity index (χ1n) is 8.75. The minimum atomic E-state index is -4.04. The summed E-state index contributed by atoms with van der Waals surface area (Å²) in [5, 5.41) is 4.16. The second-order valence-electron chi connectivity index (χ2n) is 6.93. The van der Waals surface area contributed by atoms with Crippen LogP contribution < -0.4 is 16.0 Å². The molecule has 0 radical (unpaired) electrons. The predicted octanol–water partition coefficient (Wildman–Crippen LogP) is 1.77. The van der Waals surface area contributed by atoms with Crippen molar-refractivity contribution in [3.63, 3.8) is 0 Å². The lowest BCUT2D eigenvalue weighted by atomic mass is 10.3. The lowest BCUT2D eigenvalue weighted by Gasteiger charge is -2.15. The molecule has 3 rings (SSSR count). The van der Waals surface area contributed by atoms with Gasteiger partial charge in [0.15, 0.2) is 5.65 Å². The zero-order chi connectivity index (χ0) is 20.8. The Morgan fingerprint density at radius 2 is 1.54 bits per heavy atom. The molecule has 2 heterocycles. The summed E-state index contributed by atoms with van der Waals surface area (Å²) in [6.45, 7) is 6.98. The lowest BCUT2D eigenvalue weighted by molar-refractivity contribution is 0.414. The smallest absolute Gasteiger partial charge is 0.333 e. The first-order chi connectivity index (χ1) is 13.1. The van der Waals surface area contributed by atoms with Gasteiger partial charge in [0.2, 0.25) is 0 Å². The summed E-state index contributed by atoms with van der Waals surface area (Å²) in [6.07, 6.45) is 1.16. The third kappa shape index (κ3) is 3.03. The fraction of sp³-hybridized carbons (Fsp3) is 0.389. The molecule has 0 unspecified atom stereocenters. The van der Waals surface area contributed by atoms with Gasteiger partial charge in [0.1, 0.15) is 11.1 Å². The van der Waals surface area contributed by atoms with Crippen molar-refractivity contribution in [3.8, 4) is 5.75 Å². The average Bonchev–Trinajstić information content (AvgIpc) is 3.07. The number of rotatable bonds is 5. The molecule has 0 aliphatic carbocycles. The van der Waals surface area contributed by atoms with E-state index in [1.165, 1.54) is 35.9 Å². The van der Waals surface area contributed by atoms with Gasteiger partial charge in [-0.3, -0.25) is 13.9 Å². The Bertz CT molecular complexity index is 1250. The minimum absolute atomic E-state index is 0.0104. The Kier molecular flexibility index (Phi) is 4.92. The quantitative estimate of drug-likeness (QED) is 0.639. The monoisotopic (exact) mass is 406 g/mol. The van der Waals surface area contributed by atoms with Crippen molar-refractivity contribution in [1.29, 1.82) is 0 Å². The maximum absolute atomic E-state index is 13.0. The molecule has 0 saturated carbocycles. The molecule has 150 valence electrons. The van der Waals surface area contributed by atoms with E-state index in [9.17, 15) is 18.0 Å².